The topological polar surface area (TPSA) is 92.8 Å². The zero-order valence-electron chi connectivity index (χ0n) is 20.7. The number of halogens is 1. The lowest BCUT2D eigenvalue weighted by molar-refractivity contribution is -0.114. The van der Waals surface area contributed by atoms with Crippen molar-refractivity contribution in [3.05, 3.63) is 119 Å². The number of methoxy groups -OCH3 is 1. The normalized spacial score (nSPS) is 11.0. The molecule has 0 aliphatic heterocycles. The van der Waals surface area contributed by atoms with Crippen molar-refractivity contribution in [2.24, 2.45) is 0 Å². The molecule has 0 atom stereocenters. The average Bonchev–Trinajstić information content (AvgIpc) is 2.93. The predicted octanol–water partition coefficient (Wildman–Crippen LogP) is 5.72. The van der Waals surface area contributed by atoms with Gasteiger partial charge in [0.05, 0.1) is 23.4 Å². The molecule has 0 unspecified atom stereocenters. The van der Waals surface area contributed by atoms with E-state index in [1.807, 2.05) is 6.92 Å². The van der Waals surface area contributed by atoms with Crippen molar-refractivity contribution >= 4 is 44.7 Å². The Morgan fingerprint density at radius 3 is 2.18 bits per heavy atom. The third-order valence-corrected chi connectivity index (χ3v) is 7.82. The molecule has 0 aliphatic carbocycles. The second-order valence-electron chi connectivity index (χ2n) is 8.46. The maximum atomic E-state index is 13.6. The lowest BCUT2D eigenvalue weighted by Gasteiger charge is -2.24. The van der Waals surface area contributed by atoms with Crippen LogP contribution in [0.4, 0.5) is 11.4 Å². The summed E-state index contributed by atoms with van der Waals surface area (Å²) in [5.41, 5.74) is 2.09. The Morgan fingerprint density at radius 2 is 1.55 bits per heavy atom. The lowest BCUT2D eigenvalue weighted by atomic mass is 10.0. The third kappa shape index (κ3) is 6.04. The molecule has 1 N–H and O–H groups in total. The van der Waals surface area contributed by atoms with Gasteiger partial charge in [-0.1, -0.05) is 59.6 Å². The van der Waals surface area contributed by atoms with Gasteiger partial charge in [0.2, 0.25) is 5.91 Å². The fraction of sp³-hybridized carbons (Fsp3) is 0.103. The molecule has 0 fully saturated rings. The Hall–Kier alpha value is -4.14. The second-order valence-corrected chi connectivity index (χ2v) is 10.8. The van der Waals surface area contributed by atoms with E-state index in [1.165, 1.54) is 43.5 Å². The first-order chi connectivity index (χ1) is 18.2. The summed E-state index contributed by atoms with van der Waals surface area (Å²) in [7, 11) is -2.64. The van der Waals surface area contributed by atoms with E-state index in [4.69, 9.17) is 16.3 Å². The summed E-state index contributed by atoms with van der Waals surface area (Å²) in [6.45, 7) is 1.35. The van der Waals surface area contributed by atoms with Gasteiger partial charge in [0, 0.05) is 16.1 Å². The summed E-state index contributed by atoms with van der Waals surface area (Å²) in [6.07, 6.45) is 0. The number of amides is 1. The first-order valence-corrected chi connectivity index (χ1v) is 13.4. The molecule has 194 valence electrons. The quantitative estimate of drug-likeness (QED) is 0.270. The van der Waals surface area contributed by atoms with E-state index in [2.05, 4.69) is 5.32 Å². The summed E-state index contributed by atoms with van der Waals surface area (Å²) in [6, 6.07) is 25.8. The van der Waals surface area contributed by atoms with Crippen LogP contribution in [0.25, 0.3) is 0 Å². The number of carbonyl (C=O) groups excluding carboxylic acids is 2. The van der Waals surface area contributed by atoms with Gasteiger partial charge in [-0.3, -0.25) is 13.9 Å². The maximum absolute atomic E-state index is 13.6. The van der Waals surface area contributed by atoms with Gasteiger partial charge in [0.25, 0.3) is 10.0 Å². The highest BCUT2D eigenvalue weighted by atomic mass is 35.5. The van der Waals surface area contributed by atoms with Crippen LogP contribution in [0.3, 0.4) is 0 Å². The zero-order valence-corrected chi connectivity index (χ0v) is 22.3. The van der Waals surface area contributed by atoms with Crippen molar-refractivity contribution in [2.45, 2.75) is 11.8 Å². The molecule has 4 rings (SSSR count). The van der Waals surface area contributed by atoms with Gasteiger partial charge in [-0.2, -0.15) is 0 Å². The molecule has 0 saturated heterocycles. The number of nitrogens with zero attached hydrogens (tertiary/aromatic N) is 1. The van der Waals surface area contributed by atoms with Gasteiger partial charge >= 0.3 is 0 Å². The van der Waals surface area contributed by atoms with Crippen molar-refractivity contribution < 1.29 is 22.7 Å². The summed E-state index contributed by atoms with van der Waals surface area (Å²) >= 11 is 6.15. The van der Waals surface area contributed by atoms with Crippen LogP contribution in [-0.4, -0.2) is 33.8 Å². The second kappa shape index (κ2) is 11.5. The minimum absolute atomic E-state index is 0.00175. The van der Waals surface area contributed by atoms with Crippen LogP contribution in [-0.2, 0) is 14.8 Å². The Balaban J connectivity index is 1.66. The van der Waals surface area contributed by atoms with Crippen LogP contribution in [0.5, 0.6) is 5.75 Å². The average molecular weight is 549 g/mol. The van der Waals surface area contributed by atoms with E-state index in [0.29, 0.717) is 22.0 Å². The molecule has 0 bridgehead atoms. The van der Waals surface area contributed by atoms with E-state index in [9.17, 15) is 18.0 Å². The first kappa shape index (κ1) is 26.9. The van der Waals surface area contributed by atoms with Crippen molar-refractivity contribution in [3.63, 3.8) is 0 Å². The number of hydrogen-bond acceptors (Lipinski definition) is 5. The molecule has 0 aromatic heterocycles. The zero-order chi connectivity index (χ0) is 27.3. The molecule has 38 heavy (non-hydrogen) atoms. The summed E-state index contributed by atoms with van der Waals surface area (Å²) in [4.78, 5) is 26.4. The number of ketones is 1. The van der Waals surface area contributed by atoms with Gasteiger partial charge in [-0.05, 0) is 61.5 Å². The van der Waals surface area contributed by atoms with Crippen molar-refractivity contribution in [1.29, 1.82) is 0 Å². The molecular formula is C29H25ClN2O5S. The highest BCUT2D eigenvalue weighted by Crippen LogP contribution is 2.27. The number of anilines is 2. The van der Waals surface area contributed by atoms with Crippen LogP contribution in [0.15, 0.2) is 102 Å². The third-order valence-electron chi connectivity index (χ3n) is 5.79. The Bertz CT molecular complexity index is 1560. The highest BCUT2D eigenvalue weighted by molar-refractivity contribution is 7.92. The number of nitrogens with one attached hydrogen (secondary N) is 1. The van der Waals surface area contributed by atoms with E-state index >= 15 is 0 Å². The van der Waals surface area contributed by atoms with Gasteiger partial charge < -0.3 is 10.1 Å². The number of benzene rings is 4. The number of ether oxygens (including phenoxy) is 1. The number of rotatable bonds is 9. The molecular weight excluding hydrogens is 524 g/mol. The number of sulfonamides is 1. The van der Waals surface area contributed by atoms with Crippen LogP contribution in [0, 0.1) is 6.92 Å². The predicted molar refractivity (Wildman–Crippen MR) is 149 cm³/mol. The number of carbonyl (C=O) groups is 2. The van der Waals surface area contributed by atoms with Crippen molar-refractivity contribution in [1.82, 2.24) is 0 Å². The Kier molecular flexibility index (Phi) is 8.14. The minimum Gasteiger partial charge on any atom is -0.497 e. The van der Waals surface area contributed by atoms with Crippen LogP contribution in [0.1, 0.15) is 21.5 Å². The van der Waals surface area contributed by atoms with Crippen LogP contribution < -0.4 is 14.4 Å². The Morgan fingerprint density at radius 1 is 0.895 bits per heavy atom. The van der Waals surface area contributed by atoms with Crippen LogP contribution in [0.2, 0.25) is 5.02 Å². The standard InChI is InChI=1S/C29H25ClN2O5S/c1-20-8-11-23(12-9-20)32(38(35,36)25-15-13-24(37-2)14-16-25)19-28(33)31-27-17-10-22(30)18-26(27)29(34)21-6-4-3-5-7-21/h3-18H,19H2,1-2H3,(H,31,33). The van der Waals surface area contributed by atoms with E-state index < -0.39 is 22.5 Å². The smallest absolute Gasteiger partial charge is 0.264 e. The van der Waals surface area contributed by atoms with Gasteiger partial charge in [-0.15, -0.1) is 0 Å². The first-order valence-electron chi connectivity index (χ1n) is 11.6. The molecule has 0 spiro atoms. The van der Waals surface area contributed by atoms with E-state index in [-0.39, 0.29) is 21.9 Å². The monoisotopic (exact) mass is 548 g/mol. The van der Waals surface area contributed by atoms with Gasteiger partial charge in [-0.25, -0.2) is 8.42 Å². The van der Waals surface area contributed by atoms with Crippen LogP contribution >= 0.6 is 11.6 Å². The minimum atomic E-state index is -4.13. The molecule has 0 radical (unpaired) electrons. The SMILES string of the molecule is COc1ccc(S(=O)(=O)N(CC(=O)Nc2ccc(Cl)cc2C(=O)c2ccccc2)c2ccc(C)cc2)cc1. The molecule has 7 nitrogen and oxygen atoms in total. The van der Waals surface area contributed by atoms with Gasteiger partial charge in [0.1, 0.15) is 12.3 Å². The summed E-state index contributed by atoms with van der Waals surface area (Å²) in [5, 5.41) is 3.02. The van der Waals surface area contributed by atoms with E-state index in [0.717, 1.165) is 9.87 Å². The maximum Gasteiger partial charge on any atom is 0.264 e. The highest BCUT2D eigenvalue weighted by Gasteiger charge is 2.28. The summed E-state index contributed by atoms with van der Waals surface area (Å²) < 4.78 is 33.4. The van der Waals surface area contributed by atoms with E-state index in [1.54, 1.807) is 60.7 Å². The number of hydrogen-bond donors (Lipinski definition) is 1. The fourth-order valence-electron chi connectivity index (χ4n) is 3.78. The molecule has 1 amide bonds. The molecule has 4 aromatic rings. The van der Waals surface area contributed by atoms with Crippen molar-refractivity contribution in [2.75, 3.05) is 23.3 Å². The van der Waals surface area contributed by atoms with Gasteiger partial charge in [0.15, 0.2) is 5.78 Å². The lowest BCUT2D eigenvalue weighted by Crippen LogP contribution is -2.38. The Labute approximate surface area is 226 Å². The number of aryl methyl sites for hydroxylation is 1. The molecule has 0 saturated carbocycles. The molecule has 0 aliphatic rings. The molecule has 9 heteroatoms. The summed E-state index contributed by atoms with van der Waals surface area (Å²) in [5.74, 6) is -0.460. The largest absolute Gasteiger partial charge is 0.497 e. The molecule has 0 heterocycles. The molecule has 4 aromatic carbocycles. The van der Waals surface area contributed by atoms with Crippen molar-refractivity contribution in [3.8, 4) is 5.75 Å². The fourth-order valence-corrected chi connectivity index (χ4v) is 5.37.